The van der Waals surface area contributed by atoms with Gasteiger partial charge >= 0.3 is 0 Å². The van der Waals surface area contributed by atoms with Crippen LogP contribution in [0.2, 0.25) is 0 Å². The van der Waals surface area contributed by atoms with E-state index in [4.69, 9.17) is 5.84 Å². The molecule has 5 nitrogen and oxygen atoms in total. The van der Waals surface area contributed by atoms with E-state index in [0.717, 1.165) is 25.6 Å². The maximum absolute atomic E-state index is 12.5. The fraction of sp³-hybridized carbons (Fsp3) is 0.333. The molecule has 0 unspecified atom stereocenters. The van der Waals surface area contributed by atoms with Crippen molar-refractivity contribution >= 4 is 27.2 Å². The molecule has 6 heteroatoms. The lowest BCUT2D eigenvalue weighted by atomic mass is 10.0. The standard InChI is InChI=1S/C18H22N4OS/c1-10(2)13-5-7-14(8-6-13)20-9-15-21-17-16(18(23)22(15)19)11(3)12(4)24-17/h5-8,10,20H,9,19H2,1-4H3. The van der Waals surface area contributed by atoms with E-state index in [9.17, 15) is 4.79 Å². The van der Waals surface area contributed by atoms with Crippen molar-refractivity contribution in [2.75, 3.05) is 11.2 Å². The molecule has 2 aromatic heterocycles. The first kappa shape index (κ1) is 16.5. The van der Waals surface area contributed by atoms with Gasteiger partial charge in [0.15, 0.2) is 5.82 Å². The van der Waals surface area contributed by atoms with Gasteiger partial charge in [-0.25, -0.2) is 9.66 Å². The average Bonchev–Trinajstić information content (AvgIpc) is 2.84. The number of hydrogen-bond donors (Lipinski definition) is 2. The van der Waals surface area contributed by atoms with E-state index in [1.165, 1.54) is 16.9 Å². The molecular weight excluding hydrogens is 320 g/mol. The number of fused-ring (bicyclic) bond motifs is 1. The largest absolute Gasteiger partial charge is 0.378 e. The van der Waals surface area contributed by atoms with Crippen LogP contribution in [0.15, 0.2) is 29.1 Å². The average molecular weight is 342 g/mol. The second-order valence-electron chi connectivity index (χ2n) is 6.30. The third-order valence-electron chi connectivity index (χ3n) is 4.34. The first-order valence-electron chi connectivity index (χ1n) is 7.99. The minimum Gasteiger partial charge on any atom is -0.378 e. The first-order chi connectivity index (χ1) is 11.4. The molecule has 0 saturated carbocycles. The van der Waals surface area contributed by atoms with Gasteiger partial charge in [0.1, 0.15) is 4.83 Å². The number of anilines is 1. The molecule has 0 saturated heterocycles. The highest BCUT2D eigenvalue weighted by Gasteiger charge is 2.15. The molecule has 24 heavy (non-hydrogen) atoms. The molecule has 0 spiro atoms. The Hall–Kier alpha value is -2.34. The maximum atomic E-state index is 12.5. The normalized spacial score (nSPS) is 11.4. The van der Waals surface area contributed by atoms with Crippen LogP contribution < -0.4 is 16.7 Å². The Kier molecular flexibility index (Phi) is 4.32. The van der Waals surface area contributed by atoms with E-state index in [-0.39, 0.29) is 5.56 Å². The third kappa shape index (κ3) is 2.89. The van der Waals surface area contributed by atoms with Crippen LogP contribution in [0.4, 0.5) is 5.69 Å². The van der Waals surface area contributed by atoms with Crippen molar-refractivity contribution in [3.63, 3.8) is 0 Å². The number of aromatic nitrogens is 2. The summed E-state index contributed by atoms with van der Waals surface area (Å²) in [6.45, 7) is 8.67. The lowest BCUT2D eigenvalue weighted by molar-refractivity contribution is 0.806. The van der Waals surface area contributed by atoms with E-state index in [0.29, 0.717) is 23.7 Å². The van der Waals surface area contributed by atoms with Gasteiger partial charge in [-0.1, -0.05) is 26.0 Å². The van der Waals surface area contributed by atoms with Crippen LogP contribution in [0.25, 0.3) is 10.2 Å². The summed E-state index contributed by atoms with van der Waals surface area (Å²) >= 11 is 1.53. The van der Waals surface area contributed by atoms with Crippen molar-refractivity contribution in [1.29, 1.82) is 0 Å². The van der Waals surface area contributed by atoms with Gasteiger partial charge in [-0.15, -0.1) is 11.3 Å². The molecule has 3 N–H and O–H groups in total. The number of thiophene rings is 1. The summed E-state index contributed by atoms with van der Waals surface area (Å²) in [5.41, 5.74) is 3.05. The predicted octanol–water partition coefficient (Wildman–Crippen LogP) is 3.52. The number of benzene rings is 1. The van der Waals surface area contributed by atoms with Crippen molar-refractivity contribution in [2.45, 2.75) is 40.2 Å². The maximum Gasteiger partial charge on any atom is 0.281 e. The summed E-state index contributed by atoms with van der Waals surface area (Å²) in [5, 5.41) is 3.91. The Morgan fingerprint density at radius 2 is 1.92 bits per heavy atom. The van der Waals surface area contributed by atoms with Crippen molar-refractivity contribution < 1.29 is 0 Å². The number of nitrogens with two attached hydrogens (primary N) is 1. The monoisotopic (exact) mass is 342 g/mol. The second-order valence-corrected chi connectivity index (χ2v) is 7.50. The molecule has 3 aromatic rings. The SMILES string of the molecule is Cc1sc2nc(CNc3ccc(C(C)C)cc3)n(N)c(=O)c2c1C. The fourth-order valence-corrected chi connectivity index (χ4v) is 3.68. The molecule has 0 amide bonds. The molecule has 0 aliphatic rings. The van der Waals surface area contributed by atoms with Crippen molar-refractivity contribution in [3.05, 3.63) is 56.4 Å². The summed E-state index contributed by atoms with van der Waals surface area (Å²) in [4.78, 5) is 18.9. The summed E-state index contributed by atoms with van der Waals surface area (Å²) in [5.74, 6) is 6.99. The van der Waals surface area contributed by atoms with Gasteiger partial charge in [0, 0.05) is 10.6 Å². The number of hydrogen-bond acceptors (Lipinski definition) is 5. The predicted molar refractivity (Wildman–Crippen MR) is 101 cm³/mol. The lowest BCUT2D eigenvalue weighted by Gasteiger charge is -2.11. The Morgan fingerprint density at radius 1 is 1.25 bits per heavy atom. The summed E-state index contributed by atoms with van der Waals surface area (Å²) < 4.78 is 1.15. The minimum atomic E-state index is -0.186. The van der Waals surface area contributed by atoms with Crippen molar-refractivity contribution in [2.24, 2.45) is 0 Å². The molecule has 1 aromatic carbocycles. The molecule has 0 aliphatic carbocycles. The van der Waals surface area contributed by atoms with Gasteiger partial charge in [-0.2, -0.15) is 0 Å². The number of nitrogen functional groups attached to an aromatic ring is 1. The van der Waals surface area contributed by atoms with E-state index in [1.807, 2.05) is 26.0 Å². The highest BCUT2D eigenvalue weighted by Crippen LogP contribution is 2.26. The highest BCUT2D eigenvalue weighted by atomic mass is 32.1. The number of nitrogens with one attached hydrogen (secondary N) is 1. The van der Waals surface area contributed by atoms with Crippen molar-refractivity contribution in [3.8, 4) is 0 Å². The minimum absolute atomic E-state index is 0.186. The fourth-order valence-electron chi connectivity index (χ4n) is 2.64. The zero-order chi connectivity index (χ0) is 17.4. The van der Waals surface area contributed by atoms with Gasteiger partial charge < -0.3 is 11.2 Å². The van der Waals surface area contributed by atoms with Gasteiger partial charge in [0.2, 0.25) is 0 Å². The molecule has 0 bridgehead atoms. The van der Waals surface area contributed by atoms with Crippen LogP contribution in [-0.4, -0.2) is 9.66 Å². The van der Waals surface area contributed by atoms with Crippen LogP contribution in [0.1, 0.15) is 41.6 Å². The first-order valence-corrected chi connectivity index (χ1v) is 8.80. The Morgan fingerprint density at radius 3 is 2.54 bits per heavy atom. The number of nitrogens with zero attached hydrogens (tertiary/aromatic N) is 2. The van der Waals surface area contributed by atoms with Crippen LogP contribution in [0, 0.1) is 13.8 Å². The van der Waals surface area contributed by atoms with Gasteiger partial charge in [0.05, 0.1) is 11.9 Å². The molecule has 0 aliphatic heterocycles. The van der Waals surface area contributed by atoms with Gasteiger partial charge in [0.25, 0.3) is 5.56 Å². The summed E-state index contributed by atoms with van der Waals surface area (Å²) in [6.07, 6.45) is 0. The molecule has 3 rings (SSSR count). The van der Waals surface area contributed by atoms with Gasteiger partial charge in [-0.05, 0) is 43.0 Å². The molecule has 0 fully saturated rings. The summed E-state index contributed by atoms with van der Waals surface area (Å²) in [6, 6.07) is 8.27. The van der Waals surface area contributed by atoms with E-state index >= 15 is 0 Å². The quantitative estimate of drug-likeness (QED) is 0.712. The Bertz CT molecular complexity index is 938. The second kappa shape index (κ2) is 6.28. The molecule has 126 valence electrons. The smallest absolute Gasteiger partial charge is 0.281 e. The number of rotatable bonds is 4. The Labute approximate surface area is 145 Å². The third-order valence-corrected chi connectivity index (χ3v) is 5.44. The van der Waals surface area contributed by atoms with Crippen LogP contribution >= 0.6 is 11.3 Å². The zero-order valence-electron chi connectivity index (χ0n) is 14.4. The van der Waals surface area contributed by atoms with Crippen LogP contribution in [0.3, 0.4) is 0 Å². The highest BCUT2D eigenvalue weighted by molar-refractivity contribution is 7.18. The van der Waals surface area contributed by atoms with Gasteiger partial charge in [-0.3, -0.25) is 4.79 Å². The molecule has 0 radical (unpaired) electrons. The molecular formula is C18H22N4OS. The topological polar surface area (TPSA) is 72.9 Å². The van der Waals surface area contributed by atoms with E-state index < -0.39 is 0 Å². The van der Waals surface area contributed by atoms with Crippen LogP contribution in [0.5, 0.6) is 0 Å². The van der Waals surface area contributed by atoms with E-state index in [1.54, 1.807) is 0 Å². The molecule has 2 heterocycles. The van der Waals surface area contributed by atoms with Crippen molar-refractivity contribution in [1.82, 2.24) is 9.66 Å². The number of aryl methyl sites for hydroxylation is 2. The zero-order valence-corrected chi connectivity index (χ0v) is 15.2. The molecule has 0 atom stereocenters. The van der Waals surface area contributed by atoms with Crippen LogP contribution in [-0.2, 0) is 6.54 Å². The summed E-state index contributed by atoms with van der Waals surface area (Å²) in [7, 11) is 0. The van der Waals surface area contributed by atoms with E-state index in [2.05, 4.69) is 36.3 Å². The lowest BCUT2D eigenvalue weighted by Crippen LogP contribution is -2.32. The Balaban J connectivity index is 1.87.